The number of imidazole rings is 1. The van der Waals surface area contributed by atoms with Crippen LogP contribution in [0.1, 0.15) is 0 Å². The lowest BCUT2D eigenvalue weighted by Gasteiger charge is -2.10. The second-order valence-electron chi connectivity index (χ2n) is 4.29. The van der Waals surface area contributed by atoms with Crippen molar-refractivity contribution in [3.8, 4) is 22.9 Å². The second kappa shape index (κ2) is 4.85. The highest BCUT2D eigenvalue weighted by Gasteiger charge is 2.14. The van der Waals surface area contributed by atoms with Crippen molar-refractivity contribution in [1.82, 2.24) is 9.97 Å². The minimum Gasteiger partial charge on any atom is -0.493 e. The number of aromatic nitrogens is 2. The molecular formula is C15H13FN2O2. The number of aromatic amines is 1. The van der Waals surface area contributed by atoms with Crippen LogP contribution in [0, 0.1) is 5.82 Å². The Bertz CT molecular complexity index is 768. The molecule has 0 atom stereocenters. The summed E-state index contributed by atoms with van der Waals surface area (Å²) in [6.45, 7) is 0. The molecule has 102 valence electrons. The Morgan fingerprint density at radius 3 is 2.70 bits per heavy atom. The summed E-state index contributed by atoms with van der Waals surface area (Å²) in [4.78, 5) is 7.54. The maximum atomic E-state index is 13.2. The normalized spacial score (nSPS) is 10.8. The number of H-pyrrole nitrogens is 1. The number of benzene rings is 2. The van der Waals surface area contributed by atoms with Gasteiger partial charge in [-0.2, -0.15) is 0 Å². The van der Waals surface area contributed by atoms with Gasteiger partial charge in [0, 0.05) is 0 Å². The molecule has 1 aromatic heterocycles. The van der Waals surface area contributed by atoms with Crippen molar-refractivity contribution in [1.29, 1.82) is 0 Å². The average Bonchev–Trinajstić information content (AvgIpc) is 2.88. The maximum Gasteiger partial charge on any atom is 0.171 e. The van der Waals surface area contributed by atoms with E-state index in [1.807, 2.05) is 18.2 Å². The minimum atomic E-state index is -0.301. The van der Waals surface area contributed by atoms with Gasteiger partial charge in [0.15, 0.2) is 11.5 Å². The van der Waals surface area contributed by atoms with Crippen LogP contribution in [-0.2, 0) is 0 Å². The molecule has 0 aliphatic heterocycles. The first-order valence-corrected chi connectivity index (χ1v) is 6.09. The van der Waals surface area contributed by atoms with Crippen LogP contribution in [0.2, 0.25) is 0 Å². The van der Waals surface area contributed by atoms with E-state index in [2.05, 4.69) is 9.97 Å². The van der Waals surface area contributed by atoms with E-state index in [0.717, 1.165) is 5.56 Å². The SMILES string of the molecule is COc1cccc(-c2nc3ccc(F)cc3[nH]2)c1OC. The fourth-order valence-corrected chi connectivity index (χ4v) is 2.18. The molecule has 0 bridgehead atoms. The third-order valence-corrected chi connectivity index (χ3v) is 3.10. The third-order valence-electron chi connectivity index (χ3n) is 3.10. The molecule has 0 aliphatic rings. The van der Waals surface area contributed by atoms with E-state index < -0.39 is 0 Å². The summed E-state index contributed by atoms with van der Waals surface area (Å²) in [5.74, 6) is 1.53. The Morgan fingerprint density at radius 1 is 1.10 bits per heavy atom. The van der Waals surface area contributed by atoms with Gasteiger partial charge in [-0.25, -0.2) is 9.37 Å². The molecule has 0 aliphatic carbocycles. The summed E-state index contributed by atoms with van der Waals surface area (Å²) in [5, 5.41) is 0. The highest BCUT2D eigenvalue weighted by atomic mass is 19.1. The van der Waals surface area contributed by atoms with Crippen molar-refractivity contribution in [2.75, 3.05) is 14.2 Å². The van der Waals surface area contributed by atoms with Crippen molar-refractivity contribution in [3.05, 3.63) is 42.2 Å². The summed E-state index contributed by atoms with van der Waals surface area (Å²) in [6, 6.07) is 9.97. The summed E-state index contributed by atoms with van der Waals surface area (Å²) < 4.78 is 23.9. The van der Waals surface area contributed by atoms with Gasteiger partial charge in [0.05, 0.1) is 30.8 Å². The Kier molecular flexibility index (Phi) is 3.02. The van der Waals surface area contributed by atoms with E-state index in [-0.39, 0.29) is 5.82 Å². The Labute approximate surface area is 115 Å². The van der Waals surface area contributed by atoms with Gasteiger partial charge in [-0.05, 0) is 30.3 Å². The first kappa shape index (κ1) is 12.5. The zero-order valence-electron chi connectivity index (χ0n) is 11.1. The molecule has 0 radical (unpaired) electrons. The van der Waals surface area contributed by atoms with Gasteiger partial charge in [0.25, 0.3) is 0 Å². The summed E-state index contributed by atoms with van der Waals surface area (Å²) in [6.07, 6.45) is 0. The number of fused-ring (bicyclic) bond motifs is 1. The number of methoxy groups -OCH3 is 2. The number of nitrogens with zero attached hydrogens (tertiary/aromatic N) is 1. The number of para-hydroxylation sites is 1. The van der Waals surface area contributed by atoms with E-state index in [1.165, 1.54) is 12.1 Å². The summed E-state index contributed by atoms with van der Waals surface area (Å²) in [7, 11) is 3.15. The van der Waals surface area contributed by atoms with Gasteiger partial charge in [-0.15, -0.1) is 0 Å². The summed E-state index contributed by atoms with van der Waals surface area (Å²) in [5.41, 5.74) is 2.11. The van der Waals surface area contributed by atoms with Crippen LogP contribution < -0.4 is 9.47 Å². The van der Waals surface area contributed by atoms with Crippen LogP contribution in [-0.4, -0.2) is 24.2 Å². The standard InChI is InChI=1S/C15H13FN2O2/c1-19-13-5-3-4-10(14(13)20-2)15-17-11-7-6-9(16)8-12(11)18-15/h3-8H,1-2H3,(H,17,18). The van der Waals surface area contributed by atoms with Crippen LogP contribution in [0.3, 0.4) is 0 Å². The van der Waals surface area contributed by atoms with Crippen molar-refractivity contribution in [3.63, 3.8) is 0 Å². The van der Waals surface area contributed by atoms with Crippen LogP contribution in [0.15, 0.2) is 36.4 Å². The Morgan fingerprint density at radius 2 is 1.95 bits per heavy atom. The number of hydrogen-bond donors (Lipinski definition) is 1. The van der Waals surface area contributed by atoms with Crippen LogP contribution in [0.4, 0.5) is 4.39 Å². The second-order valence-corrected chi connectivity index (χ2v) is 4.29. The average molecular weight is 272 g/mol. The Balaban J connectivity index is 2.20. The Hall–Kier alpha value is -2.56. The summed E-state index contributed by atoms with van der Waals surface area (Å²) >= 11 is 0. The van der Waals surface area contributed by atoms with Crippen molar-refractivity contribution in [2.45, 2.75) is 0 Å². The first-order valence-electron chi connectivity index (χ1n) is 6.09. The number of ether oxygens (including phenoxy) is 2. The van der Waals surface area contributed by atoms with E-state index in [9.17, 15) is 4.39 Å². The zero-order chi connectivity index (χ0) is 14.1. The highest BCUT2D eigenvalue weighted by Crippen LogP contribution is 2.37. The highest BCUT2D eigenvalue weighted by molar-refractivity contribution is 5.81. The maximum absolute atomic E-state index is 13.2. The lowest BCUT2D eigenvalue weighted by molar-refractivity contribution is 0.356. The van der Waals surface area contributed by atoms with Crippen LogP contribution in [0.5, 0.6) is 11.5 Å². The van der Waals surface area contributed by atoms with Gasteiger partial charge in [-0.1, -0.05) is 6.07 Å². The number of nitrogens with one attached hydrogen (secondary N) is 1. The molecule has 2 aromatic carbocycles. The molecule has 4 nitrogen and oxygen atoms in total. The van der Waals surface area contributed by atoms with Gasteiger partial charge in [-0.3, -0.25) is 0 Å². The van der Waals surface area contributed by atoms with E-state index >= 15 is 0 Å². The molecule has 0 unspecified atom stereocenters. The predicted molar refractivity (Wildman–Crippen MR) is 74.6 cm³/mol. The molecule has 0 spiro atoms. The topological polar surface area (TPSA) is 47.1 Å². The predicted octanol–water partition coefficient (Wildman–Crippen LogP) is 3.39. The van der Waals surface area contributed by atoms with E-state index in [0.29, 0.717) is 28.4 Å². The quantitative estimate of drug-likeness (QED) is 0.795. The molecule has 0 amide bonds. The van der Waals surface area contributed by atoms with Gasteiger partial charge in [0.2, 0.25) is 0 Å². The molecule has 1 N–H and O–H groups in total. The fraction of sp³-hybridized carbons (Fsp3) is 0.133. The molecule has 0 saturated heterocycles. The van der Waals surface area contributed by atoms with Gasteiger partial charge < -0.3 is 14.5 Å². The van der Waals surface area contributed by atoms with Crippen molar-refractivity contribution in [2.24, 2.45) is 0 Å². The van der Waals surface area contributed by atoms with Gasteiger partial charge in [0.1, 0.15) is 11.6 Å². The number of rotatable bonds is 3. The molecular weight excluding hydrogens is 259 g/mol. The van der Waals surface area contributed by atoms with Crippen LogP contribution >= 0.6 is 0 Å². The molecule has 0 fully saturated rings. The number of hydrogen-bond acceptors (Lipinski definition) is 3. The first-order chi connectivity index (χ1) is 9.72. The van der Waals surface area contributed by atoms with E-state index in [1.54, 1.807) is 20.3 Å². The minimum absolute atomic E-state index is 0.301. The molecule has 5 heteroatoms. The molecule has 0 saturated carbocycles. The van der Waals surface area contributed by atoms with Crippen LogP contribution in [0.25, 0.3) is 22.4 Å². The molecule has 1 heterocycles. The molecule has 20 heavy (non-hydrogen) atoms. The lowest BCUT2D eigenvalue weighted by Crippen LogP contribution is -1.93. The fourth-order valence-electron chi connectivity index (χ4n) is 2.18. The molecule has 3 aromatic rings. The van der Waals surface area contributed by atoms with E-state index in [4.69, 9.17) is 9.47 Å². The van der Waals surface area contributed by atoms with Crippen molar-refractivity contribution < 1.29 is 13.9 Å². The molecule has 3 rings (SSSR count). The van der Waals surface area contributed by atoms with Crippen molar-refractivity contribution >= 4 is 11.0 Å². The number of halogens is 1. The monoisotopic (exact) mass is 272 g/mol. The lowest BCUT2D eigenvalue weighted by atomic mass is 10.1. The smallest absolute Gasteiger partial charge is 0.171 e. The third kappa shape index (κ3) is 1.97. The largest absolute Gasteiger partial charge is 0.493 e. The van der Waals surface area contributed by atoms with Gasteiger partial charge >= 0.3 is 0 Å². The zero-order valence-corrected chi connectivity index (χ0v) is 11.1.